The number of hydrogen-bond donors (Lipinski definition) is 3. The number of likely N-dealkylation sites (tertiary alicyclic amines) is 1. The van der Waals surface area contributed by atoms with Crippen LogP contribution in [0, 0.1) is 0 Å². The van der Waals surface area contributed by atoms with E-state index in [0.29, 0.717) is 12.6 Å². The Morgan fingerprint density at radius 3 is 2.82 bits per heavy atom. The first-order valence-corrected chi connectivity index (χ1v) is 6.05. The Hall–Kier alpha value is -1.30. The van der Waals surface area contributed by atoms with Crippen molar-refractivity contribution in [3.05, 3.63) is 0 Å². The molecule has 0 aromatic carbocycles. The van der Waals surface area contributed by atoms with Crippen molar-refractivity contribution >= 4 is 12.0 Å². The van der Waals surface area contributed by atoms with E-state index in [9.17, 15) is 9.59 Å². The van der Waals surface area contributed by atoms with Gasteiger partial charge in [0.2, 0.25) is 0 Å². The van der Waals surface area contributed by atoms with E-state index in [1.54, 1.807) is 0 Å². The molecule has 6 nitrogen and oxygen atoms in total. The van der Waals surface area contributed by atoms with E-state index in [0.717, 1.165) is 25.9 Å². The lowest BCUT2D eigenvalue weighted by Gasteiger charge is -2.23. The molecule has 1 aliphatic heterocycles. The molecular weight excluding hydrogens is 222 g/mol. The quantitative estimate of drug-likeness (QED) is 0.646. The molecular formula is C11H21N3O3. The van der Waals surface area contributed by atoms with Crippen LogP contribution in [-0.2, 0) is 4.79 Å². The van der Waals surface area contributed by atoms with Crippen LogP contribution < -0.4 is 10.6 Å². The summed E-state index contributed by atoms with van der Waals surface area (Å²) in [4.78, 5) is 24.3. The lowest BCUT2D eigenvalue weighted by atomic mass is 10.2. The number of hydrogen-bond acceptors (Lipinski definition) is 3. The van der Waals surface area contributed by atoms with Crippen LogP contribution in [0.3, 0.4) is 0 Å². The van der Waals surface area contributed by atoms with Crippen molar-refractivity contribution in [1.29, 1.82) is 0 Å². The van der Waals surface area contributed by atoms with Gasteiger partial charge in [0.05, 0.1) is 0 Å². The molecule has 0 bridgehead atoms. The molecule has 17 heavy (non-hydrogen) atoms. The van der Waals surface area contributed by atoms with Gasteiger partial charge in [-0.1, -0.05) is 6.92 Å². The summed E-state index contributed by atoms with van der Waals surface area (Å²) in [6.45, 7) is 6.18. The molecule has 1 fully saturated rings. The van der Waals surface area contributed by atoms with Crippen molar-refractivity contribution in [3.63, 3.8) is 0 Å². The maximum atomic E-state index is 11.4. The first-order chi connectivity index (χ1) is 8.04. The summed E-state index contributed by atoms with van der Waals surface area (Å²) in [6, 6.07) is -0.894. The minimum atomic E-state index is -1.03. The van der Waals surface area contributed by atoms with Crippen LogP contribution in [0.5, 0.6) is 0 Å². The van der Waals surface area contributed by atoms with Gasteiger partial charge in [-0.15, -0.1) is 0 Å². The molecule has 0 aromatic rings. The Labute approximate surface area is 101 Å². The summed E-state index contributed by atoms with van der Waals surface area (Å²) in [7, 11) is 0. The van der Waals surface area contributed by atoms with Crippen molar-refractivity contribution in [2.45, 2.75) is 38.8 Å². The van der Waals surface area contributed by atoms with Crippen molar-refractivity contribution in [2.24, 2.45) is 0 Å². The van der Waals surface area contributed by atoms with E-state index in [1.807, 2.05) is 0 Å². The van der Waals surface area contributed by atoms with Crippen LogP contribution in [0.4, 0.5) is 4.79 Å². The minimum Gasteiger partial charge on any atom is -0.480 e. The molecule has 0 radical (unpaired) electrons. The third kappa shape index (κ3) is 4.22. The first kappa shape index (κ1) is 13.8. The first-order valence-electron chi connectivity index (χ1n) is 6.05. The number of carbonyl (C=O) groups is 2. The third-order valence-corrected chi connectivity index (χ3v) is 3.12. The predicted octanol–water partition coefficient (Wildman–Crippen LogP) is 0.243. The van der Waals surface area contributed by atoms with Gasteiger partial charge in [0.1, 0.15) is 6.04 Å². The number of carbonyl (C=O) groups excluding carboxylic acids is 1. The van der Waals surface area contributed by atoms with Crippen LogP contribution in [0.25, 0.3) is 0 Å². The molecule has 2 amide bonds. The molecule has 1 aliphatic rings. The van der Waals surface area contributed by atoms with E-state index in [2.05, 4.69) is 22.5 Å². The van der Waals surface area contributed by atoms with Crippen molar-refractivity contribution in [1.82, 2.24) is 15.5 Å². The number of nitrogens with zero attached hydrogens (tertiary/aromatic N) is 1. The van der Waals surface area contributed by atoms with E-state index >= 15 is 0 Å². The molecule has 98 valence electrons. The number of likely N-dealkylation sites (N-methyl/N-ethyl adjacent to an activating group) is 1. The number of aliphatic carboxylic acids is 1. The van der Waals surface area contributed by atoms with Gasteiger partial charge in [-0.2, -0.15) is 0 Å². The minimum absolute atomic E-state index is 0.380. The van der Waals surface area contributed by atoms with Gasteiger partial charge in [0.15, 0.2) is 0 Å². The predicted molar refractivity (Wildman–Crippen MR) is 63.9 cm³/mol. The second kappa shape index (κ2) is 6.44. The van der Waals surface area contributed by atoms with E-state index in [-0.39, 0.29) is 0 Å². The van der Waals surface area contributed by atoms with Crippen molar-refractivity contribution in [3.8, 4) is 0 Å². The normalized spacial score (nSPS) is 22.1. The van der Waals surface area contributed by atoms with Gasteiger partial charge in [-0.3, -0.25) is 9.69 Å². The molecule has 1 heterocycles. The average Bonchev–Trinajstić information content (AvgIpc) is 2.73. The zero-order chi connectivity index (χ0) is 12.8. The number of amides is 2. The average molecular weight is 243 g/mol. The van der Waals surface area contributed by atoms with E-state index in [1.165, 1.54) is 6.92 Å². The van der Waals surface area contributed by atoms with Gasteiger partial charge in [0.25, 0.3) is 0 Å². The molecule has 1 rings (SSSR count). The maximum Gasteiger partial charge on any atom is 0.325 e. The summed E-state index contributed by atoms with van der Waals surface area (Å²) in [5.41, 5.74) is 0. The third-order valence-electron chi connectivity index (χ3n) is 3.12. The van der Waals surface area contributed by atoms with Crippen molar-refractivity contribution in [2.75, 3.05) is 19.6 Å². The molecule has 0 saturated carbocycles. The Kier molecular flexibility index (Phi) is 5.21. The number of rotatable bonds is 5. The number of nitrogens with one attached hydrogen (secondary N) is 2. The lowest BCUT2D eigenvalue weighted by Crippen LogP contribution is -2.48. The van der Waals surface area contributed by atoms with Crippen LogP contribution in [0.2, 0.25) is 0 Å². The van der Waals surface area contributed by atoms with Gasteiger partial charge >= 0.3 is 12.0 Å². The van der Waals surface area contributed by atoms with E-state index < -0.39 is 18.0 Å². The van der Waals surface area contributed by atoms with Crippen LogP contribution in [0.1, 0.15) is 26.7 Å². The zero-order valence-electron chi connectivity index (χ0n) is 10.4. The van der Waals surface area contributed by atoms with Gasteiger partial charge in [0, 0.05) is 12.6 Å². The second-order valence-electron chi connectivity index (χ2n) is 4.34. The molecule has 0 aromatic heterocycles. The Morgan fingerprint density at radius 1 is 1.53 bits per heavy atom. The maximum absolute atomic E-state index is 11.4. The van der Waals surface area contributed by atoms with E-state index in [4.69, 9.17) is 5.11 Å². The fourth-order valence-electron chi connectivity index (χ4n) is 2.06. The Balaban J connectivity index is 2.26. The van der Waals surface area contributed by atoms with Crippen LogP contribution in [0.15, 0.2) is 0 Å². The summed E-state index contributed by atoms with van der Waals surface area (Å²) in [5.74, 6) is -1.03. The van der Waals surface area contributed by atoms with Gasteiger partial charge in [-0.25, -0.2) is 4.79 Å². The molecule has 1 unspecified atom stereocenters. The highest BCUT2D eigenvalue weighted by Crippen LogP contribution is 2.15. The highest BCUT2D eigenvalue weighted by molar-refractivity contribution is 5.82. The van der Waals surface area contributed by atoms with Gasteiger partial charge in [-0.05, 0) is 32.9 Å². The number of carboxylic acids is 1. The fourth-order valence-corrected chi connectivity index (χ4v) is 2.06. The Bertz CT molecular complexity index is 283. The zero-order valence-corrected chi connectivity index (χ0v) is 10.4. The highest BCUT2D eigenvalue weighted by atomic mass is 16.4. The number of carboxylic acid groups (broad SMARTS) is 1. The fraction of sp³-hybridized carbons (Fsp3) is 0.818. The van der Waals surface area contributed by atoms with Gasteiger partial charge < -0.3 is 15.7 Å². The lowest BCUT2D eigenvalue weighted by molar-refractivity contribution is -0.138. The number of urea groups is 1. The largest absolute Gasteiger partial charge is 0.480 e. The summed E-state index contributed by atoms with van der Waals surface area (Å²) in [6.07, 6.45) is 2.25. The Morgan fingerprint density at radius 2 is 2.24 bits per heavy atom. The summed E-state index contributed by atoms with van der Waals surface area (Å²) in [5, 5.41) is 13.7. The molecule has 2 atom stereocenters. The standard InChI is InChI=1S/C11H21N3O3/c1-3-14-6-4-5-9(14)7-12-11(17)13-8(2)10(15)16/h8-9H,3-7H2,1-2H3,(H,15,16)(H2,12,13,17)/t8-,9?/m0/s1. The molecule has 0 spiro atoms. The molecule has 3 N–H and O–H groups in total. The van der Waals surface area contributed by atoms with Crippen LogP contribution in [-0.4, -0.2) is 53.7 Å². The van der Waals surface area contributed by atoms with Crippen LogP contribution >= 0.6 is 0 Å². The topological polar surface area (TPSA) is 81.7 Å². The monoisotopic (exact) mass is 243 g/mol. The SMILES string of the molecule is CCN1CCCC1CNC(=O)N[C@@H](C)C(=O)O. The highest BCUT2D eigenvalue weighted by Gasteiger charge is 2.23. The molecule has 0 aliphatic carbocycles. The summed E-state index contributed by atoms with van der Waals surface area (Å²) >= 11 is 0. The smallest absolute Gasteiger partial charge is 0.325 e. The molecule has 6 heteroatoms. The second-order valence-corrected chi connectivity index (χ2v) is 4.34. The van der Waals surface area contributed by atoms with Crippen molar-refractivity contribution < 1.29 is 14.7 Å². The summed E-state index contributed by atoms with van der Waals surface area (Å²) < 4.78 is 0. The molecule has 1 saturated heterocycles.